The Labute approximate surface area is 152 Å². The summed E-state index contributed by atoms with van der Waals surface area (Å²) in [5.41, 5.74) is 5.37. The molecule has 1 aromatic carbocycles. The summed E-state index contributed by atoms with van der Waals surface area (Å²) < 4.78 is 1.86. The van der Waals surface area contributed by atoms with Gasteiger partial charge < -0.3 is 10.3 Å². The van der Waals surface area contributed by atoms with Gasteiger partial charge in [-0.15, -0.1) is 0 Å². The Morgan fingerprint density at radius 3 is 2.92 bits per heavy atom. The van der Waals surface area contributed by atoms with Crippen LogP contribution in [0.1, 0.15) is 46.2 Å². The lowest BCUT2D eigenvalue weighted by molar-refractivity contribution is 0.0953. The van der Waals surface area contributed by atoms with Crippen LogP contribution >= 0.6 is 0 Å². The average Bonchev–Trinajstić information content (AvgIpc) is 3.15. The number of nitriles is 1. The molecule has 2 heterocycles. The zero-order valence-electron chi connectivity index (χ0n) is 15.4. The smallest absolute Gasteiger partial charge is 0.254 e. The molecule has 6 nitrogen and oxygen atoms in total. The molecule has 0 unspecified atom stereocenters. The highest BCUT2D eigenvalue weighted by Crippen LogP contribution is 2.23. The first kappa shape index (κ1) is 17.7. The van der Waals surface area contributed by atoms with E-state index in [9.17, 15) is 4.79 Å². The first-order valence-corrected chi connectivity index (χ1v) is 8.87. The van der Waals surface area contributed by atoms with Crippen molar-refractivity contribution in [1.29, 1.82) is 5.26 Å². The van der Waals surface area contributed by atoms with E-state index in [-0.39, 0.29) is 5.91 Å². The largest absolute Gasteiger partial charge is 0.358 e. The van der Waals surface area contributed by atoms with Crippen LogP contribution in [0, 0.1) is 25.2 Å². The Morgan fingerprint density at radius 1 is 1.38 bits per heavy atom. The first-order chi connectivity index (χ1) is 12.5. The van der Waals surface area contributed by atoms with Crippen LogP contribution in [0.2, 0.25) is 0 Å². The van der Waals surface area contributed by atoms with E-state index in [4.69, 9.17) is 5.26 Å². The lowest BCUT2D eigenvalue weighted by atomic mass is 10.1. The van der Waals surface area contributed by atoms with E-state index in [0.29, 0.717) is 24.1 Å². The monoisotopic (exact) mass is 349 g/mol. The molecule has 2 aromatic heterocycles. The van der Waals surface area contributed by atoms with Crippen molar-refractivity contribution >= 4 is 16.8 Å². The SMILES string of the molecule is CCCn1ncc(C(=O)NCCc2c(C)[nH]c3ccc(C#N)cc23)c1C. The maximum absolute atomic E-state index is 12.4. The fourth-order valence-electron chi connectivity index (χ4n) is 3.28. The van der Waals surface area contributed by atoms with Gasteiger partial charge in [-0.3, -0.25) is 9.48 Å². The van der Waals surface area contributed by atoms with Gasteiger partial charge in [0, 0.05) is 35.4 Å². The van der Waals surface area contributed by atoms with E-state index in [0.717, 1.165) is 40.8 Å². The van der Waals surface area contributed by atoms with Crippen molar-refractivity contribution in [2.45, 2.75) is 40.2 Å². The fraction of sp³-hybridized carbons (Fsp3) is 0.350. The summed E-state index contributed by atoms with van der Waals surface area (Å²) in [6.45, 7) is 7.37. The van der Waals surface area contributed by atoms with Gasteiger partial charge in [0.25, 0.3) is 5.91 Å². The van der Waals surface area contributed by atoms with Crippen LogP contribution < -0.4 is 5.32 Å². The Morgan fingerprint density at radius 2 is 2.19 bits per heavy atom. The normalized spacial score (nSPS) is 10.8. The van der Waals surface area contributed by atoms with Crippen LogP contribution in [0.4, 0.5) is 0 Å². The Balaban J connectivity index is 1.70. The Hall–Kier alpha value is -3.07. The van der Waals surface area contributed by atoms with Crippen LogP contribution in [0.5, 0.6) is 0 Å². The van der Waals surface area contributed by atoms with Crippen LogP contribution in [-0.2, 0) is 13.0 Å². The van der Waals surface area contributed by atoms with Crippen LogP contribution in [0.15, 0.2) is 24.4 Å². The van der Waals surface area contributed by atoms with Crippen molar-refractivity contribution in [2.24, 2.45) is 0 Å². The molecule has 26 heavy (non-hydrogen) atoms. The van der Waals surface area contributed by atoms with Gasteiger partial charge in [-0.1, -0.05) is 6.92 Å². The number of fused-ring (bicyclic) bond motifs is 1. The standard InChI is InChI=1S/C20H23N5O/c1-4-9-25-14(3)18(12-23-25)20(26)22-8-7-16-13(2)24-19-6-5-15(11-21)10-17(16)19/h5-6,10,12,24H,4,7-9H2,1-3H3,(H,22,26). The summed E-state index contributed by atoms with van der Waals surface area (Å²) in [7, 11) is 0. The Kier molecular flexibility index (Phi) is 5.08. The zero-order valence-corrected chi connectivity index (χ0v) is 15.4. The number of aryl methyl sites for hydroxylation is 2. The highest BCUT2D eigenvalue weighted by molar-refractivity contribution is 5.95. The highest BCUT2D eigenvalue weighted by atomic mass is 16.1. The fourth-order valence-corrected chi connectivity index (χ4v) is 3.28. The average molecular weight is 349 g/mol. The quantitative estimate of drug-likeness (QED) is 0.716. The molecule has 0 aliphatic rings. The zero-order chi connectivity index (χ0) is 18.7. The number of nitrogens with zero attached hydrogens (tertiary/aromatic N) is 3. The molecule has 0 atom stereocenters. The van der Waals surface area contributed by atoms with Gasteiger partial charge in [0.1, 0.15) is 0 Å². The van der Waals surface area contributed by atoms with E-state index >= 15 is 0 Å². The van der Waals surface area contributed by atoms with E-state index < -0.39 is 0 Å². The molecule has 0 fully saturated rings. The topological polar surface area (TPSA) is 86.5 Å². The van der Waals surface area contributed by atoms with E-state index in [1.807, 2.05) is 30.7 Å². The number of hydrogen-bond donors (Lipinski definition) is 2. The maximum atomic E-state index is 12.4. The number of nitrogens with one attached hydrogen (secondary N) is 2. The second kappa shape index (κ2) is 7.44. The van der Waals surface area contributed by atoms with Gasteiger partial charge in [-0.2, -0.15) is 10.4 Å². The van der Waals surface area contributed by atoms with Crippen molar-refractivity contribution in [3.05, 3.63) is 52.5 Å². The summed E-state index contributed by atoms with van der Waals surface area (Å²) in [4.78, 5) is 15.8. The van der Waals surface area contributed by atoms with Gasteiger partial charge in [0.15, 0.2) is 0 Å². The molecule has 1 amide bonds. The highest BCUT2D eigenvalue weighted by Gasteiger charge is 2.14. The molecule has 0 aliphatic heterocycles. The lowest BCUT2D eigenvalue weighted by Gasteiger charge is -2.06. The number of rotatable bonds is 6. The number of H-pyrrole nitrogens is 1. The van der Waals surface area contributed by atoms with Crippen LogP contribution in [-0.4, -0.2) is 27.2 Å². The van der Waals surface area contributed by atoms with Gasteiger partial charge in [-0.05, 0) is 50.5 Å². The molecule has 3 aromatic rings. The third kappa shape index (κ3) is 3.33. The number of carbonyl (C=O) groups excluding carboxylic acids is 1. The van der Waals surface area contributed by atoms with Gasteiger partial charge >= 0.3 is 0 Å². The van der Waals surface area contributed by atoms with Crippen molar-refractivity contribution in [3.63, 3.8) is 0 Å². The summed E-state index contributed by atoms with van der Waals surface area (Å²) in [6, 6.07) is 7.81. The number of hydrogen-bond acceptors (Lipinski definition) is 3. The van der Waals surface area contributed by atoms with Crippen molar-refractivity contribution in [2.75, 3.05) is 6.54 Å². The second-order valence-corrected chi connectivity index (χ2v) is 6.47. The summed E-state index contributed by atoms with van der Waals surface area (Å²) in [5, 5.41) is 17.4. The minimum Gasteiger partial charge on any atom is -0.358 e. The molecule has 0 spiro atoms. The maximum Gasteiger partial charge on any atom is 0.254 e. The third-order valence-corrected chi connectivity index (χ3v) is 4.69. The summed E-state index contributed by atoms with van der Waals surface area (Å²) in [6.07, 6.45) is 3.32. The van der Waals surface area contributed by atoms with Crippen LogP contribution in [0.3, 0.4) is 0 Å². The number of aromatic amines is 1. The predicted molar refractivity (Wildman–Crippen MR) is 101 cm³/mol. The molecule has 0 radical (unpaired) electrons. The molecule has 0 saturated heterocycles. The summed E-state index contributed by atoms with van der Waals surface area (Å²) in [5.74, 6) is -0.0972. The molecular formula is C20H23N5O. The molecular weight excluding hydrogens is 326 g/mol. The predicted octanol–water partition coefficient (Wildman–Crippen LogP) is 3.24. The van der Waals surface area contributed by atoms with Gasteiger partial charge in [0.05, 0.1) is 23.4 Å². The molecule has 3 rings (SSSR count). The van der Waals surface area contributed by atoms with Crippen molar-refractivity contribution in [3.8, 4) is 6.07 Å². The molecule has 0 saturated carbocycles. The minimum absolute atomic E-state index is 0.0972. The minimum atomic E-state index is -0.0972. The van der Waals surface area contributed by atoms with Gasteiger partial charge in [0.2, 0.25) is 0 Å². The third-order valence-electron chi connectivity index (χ3n) is 4.69. The number of benzene rings is 1. The lowest BCUT2D eigenvalue weighted by Crippen LogP contribution is -2.26. The van der Waals surface area contributed by atoms with Gasteiger partial charge in [-0.25, -0.2) is 0 Å². The first-order valence-electron chi connectivity index (χ1n) is 8.87. The second-order valence-electron chi connectivity index (χ2n) is 6.47. The molecule has 6 heteroatoms. The number of carbonyl (C=O) groups is 1. The van der Waals surface area contributed by atoms with E-state index in [1.165, 1.54) is 0 Å². The van der Waals surface area contributed by atoms with E-state index in [1.54, 1.807) is 12.3 Å². The molecule has 0 bridgehead atoms. The van der Waals surface area contributed by atoms with Crippen LogP contribution in [0.25, 0.3) is 10.9 Å². The summed E-state index contributed by atoms with van der Waals surface area (Å²) >= 11 is 0. The molecule has 2 N–H and O–H groups in total. The van der Waals surface area contributed by atoms with E-state index in [2.05, 4.69) is 28.4 Å². The number of amides is 1. The van der Waals surface area contributed by atoms with Crippen molar-refractivity contribution in [1.82, 2.24) is 20.1 Å². The molecule has 134 valence electrons. The number of aromatic nitrogens is 3. The van der Waals surface area contributed by atoms with Crippen molar-refractivity contribution < 1.29 is 4.79 Å². The Bertz CT molecular complexity index is 990. The molecule has 0 aliphatic carbocycles.